The predicted molar refractivity (Wildman–Crippen MR) is 65.2 cm³/mol. The Kier molecular flexibility index (Phi) is 4.10. The van der Waals surface area contributed by atoms with Gasteiger partial charge in [0.15, 0.2) is 0 Å². The molecule has 0 fully saturated rings. The molecule has 0 saturated carbocycles. The minimum atomic E-state index is 0.0817. The van der Waals surface area contributed by atoms with Gasteiger partial charge in [0.25, 0.3) is 0 Å². The number of anilines is 2. The molecule has 5 heteroatoms. The number of aryl methyl sites for hydroxylation is 1. The Morgan fingerprint density at radius 1 is 1.56 bits per heavy atom. The van der Waals surface area contributed by atoms with Gasteiger partial charge < -0.3 is 16.0 Å². The second-order valence-electron chi connectivity index (χ2n) is 3.92. The molecule has 16 heavy (non-hydrogen) atoms. The first-order valence-corrected chi connectivity index (χ1v) is 5.17. The van der Waals surface area contributed by atoms with Gasteiger partial charge in [0, 0.05) is 33.3 Å². The van der Waals surface area contributed by atoms with E-state index >= 15 is 0 Å². The lowest BCUT2D eigenvalue weighted by Gasteiger charge is -2.11. The number of hydrogen-bond acceptors (Lipinski definition) is 4. The van der Waals surface area contributed by atoms with Crippen molar-refractivity contribution in [2.45, 2.75) is 13.3 Å². The maximum absolute atomic E-state index is 11.3. The van der Waals surface area contributed by atoms with E-state index in [2.05, 4.69) is 10.3 Å². The highest BCUT2D eigenvalue weighted by molar-refractivity contribution is 5.76. The van der Waals surface area contributed by atoms with Crippen LogP contribution in [-0.4, -0.2) is 36.4 Å². The molecule has 1 rings (SSSR count). The SMILES string of the molecule is Cc1cnc(NCCC(=O)N(C)C)c(N)c1. The van der Waals surface area contributed by atoms with E-state index in [9.17, 15) is 4.79 Å². The molecule has 0 aromatic carbocycles. The average molecular weight is 222 g/mol. The summed E-state index contributed by atoms with van der Waals surface area (Å²) >= 11 is 0. The summed E-state index contributed by atoms with van der Waals surface area (Å²) in [7, 11) is 3.47. The van der Waals surface area contributed by atoms with Crippen LogP contribution in [-0.2, 0) is 4.79 Å². The molecule has 3 N–H and O–H groups in total. The topological polar surface area (TPSA) is 71.2 Å². The van der Waals surface area contributed by atoms with E-state index in [0.717, 1.165) is 5.56 Å². The van der Waals surface area contributed by atoms with Crippen LogP contribution in [0.25, 0.3) is 0 Å². The average Bonchev–Trinajstić information content (AvgIpc) is 2.20. The van der Waals surface area contributed by atoms with Crippen molar-refractivity contribution in [2.75, 3.05) is 31.7 Å². The van der Waals surface area contributed by atoms with Crippen LogP contribution in [0.3, 0.4) is 0 Å². The number of nitrogens with zero attached hydrogens (tertiary/aromatic N) is 2. The summed E-state index contributed by atoms with van der Waals surface area (Å²) in [6, 6.07) is 1.85. The third kappa shape index (κ3) is 3.42. The number of pyridine rings is 1. The van der Waals surface area contributed by atoms with Gasteiger partial charge in [0.2, 0.25) is 5.91 Å². The molecule has 0 atom stereocenters. The first-order chi connectivity index (χ1) is 7.50. The molecule has 1 amide bonds. The minimum absolute atomic E-state index is 0.0817. The van der Waals surface area contributed by atoms with Crippen LogP contribution in [0.2, 0.25) is 0 Å². The van der Waals surface area contributed by atoms with Crippen molar-refractivity contribution in [2.24, 2.45) is 0 Å². The van der Waals surface area contributed by atoms with Crippen molar-refractivity contribution >= 4 is 17.4 Å². The van der Waals surface area contributed by atoms with Gasteiger partial charge in [-0.05, 0) is 18.6 Å². The Bertz CT molecular complexity index is 376. The van der Waals surface area contributed by atoms with E-state index in [1.807, 2.05) is 13.0 Å². The molecule has 0 aliphatic rings. The minimum Gasteiger partial charge on any atom is -0.396 e. The monoisotopic (exact) mass is 222 g/mol. The van der Waals surface area contributed by atoms with Crippen molar-refractivity contribution in [1.29, 1.82) is 0 Å². The number of rotatable bonds is 4. The molecule has 1 aromatic rings. The van der Waals surface area contributed by atoms with Gasteiger partial charge >= 0.3 is 0 Å². The summed E-state index contributed by atoms with van der Waals surface area (Å²) in [5.41, 5.74) is 7.41. The number of carbonyl (C=O) groups excluding carboxylic acids is 1. The van der Waals surface area contributed by atoms with Gasteiger partial charge in [-0.15, -0.1) is 0 Å². The number of carbonyl (C=O) groups is 1. The fourth-order valence-corrected chi connectivity index (χ4v) is 1.25. The highest BCUT2D eigenvalue weighted by Gasteiger charge is 2.04. The number of nitrogens with one attached hydrogen (secondary N) is 1. The lowest BCUT2D eigenvalue weighted by molar-refractivity contribution is -0.128. The van der Waals surface area contributed by atoms with Crippen LogP contribution in [0.5, 0.6) is 0 Å². The third-order valence-corrected chi connectivity index (χ3v) is 2.18. The van der Waals surface area contributed by atoms with Gasteiger partial charge in [-0.3, -0.25) is 4.79 Å². The van der Waals surface area contributed by atoms with Gasteiger partial charge in [0.1, 0.15) is 5.82 Å². The number of nitrogen functional groups attached to an aromatic ring is 1. The molecular formula is C11H18N4O. The van der Waals surface area contributed by atoms with E-state index in [1.54, 1.807) is 25.2 Å². The van der Waals surface area contributed by atoms with Crippen molar-refractivity contribution in [1.82, 2.24) is 9.88 Å². The van der Waals surface area contributed by atoms with Crippen LogP contribution in [0.1, 0.15) is 12.0 Å². The van der Waals surface area contributed by atoms with Crippen LogP contribution in [0, 0.1) is 6.92 Å². The fourth-order valence-electron chi connectivity index (χ4n) is 1.25. The highest BCUT2D eigenvalue weighted by Crippen LogP contribution is 2.15. The fraction of sp³-hybridized carbons (Fsp3) is 0.455. The summed E-state index contributed by atoms with van der Waals surface area (Å²) in [5, 5.41) is 3.04. The zero-order chi connectivity index (χ0) is 12.1. The summed E-state index contributed by atoms with van der Waals surface area (Å²) in [4.78, 5) is 17.0. The van der Waals surface area contributed by atoms with Crippen LogP contribution >= 0.6 is 0 Å². The second-order valence-corrected chi connectivity index (χ2v) is 3.92. The van der Waals surface area contributed by atoms with Gasteiger partial charge in [-0.25, -0.2) is 4.98 Å². The van der Waals surface area contributed by atoms with Crippen LogP contribution in [0.4, 0.5) is 11.5 Å². The molecule has 0 bridgehead atoms. The molecule has 0 unspecified atom stereocenters. The van der Waals surface area contributed by atoms with Crippen LogP contribution in [0.15, 0.2) is 12.3 Å². The van der Waals surface area contributed by atoms with E-state index in [1.165, 1.54) is 0 Å². The van der Waals surface area contributed by atoms with E-state index in [4.69, 9.17) is 5.73 Å². The zero-order valence-corrected chi connectivity index (χ0v) is 9.95. The van der Waals surface area contributed by atoms with Crippen LogP contribution < -0.4 is 11.1 Å². The lowest BCUT2D eigenvalue weighted by Crippen LogP contribution is -2.24. The van der Waals surface area contributed by atoms with E-state index in [-0.39, 0.29) is 5.91 Å². The lowest BCUT2D eigenvalue weighted by atomic mass is 10.3. The molecule has 0 saturated heterocycles. The molecule has 0 spiro atoms. The number of amides is 1. The molecule has 1 heterocycles. The van der Waals surface area contributed by atoms with Gasteiger partial charge in [0.05, 0.1) is 5.69 Å². The third-order valence-electron chi connectivity index (χ3n) is 2.18. The Labute approximate surface area is 95.7 Å². The number of aromatic nitrogens is 1. The second kappa shape index (κ2) is 5.34. The summed E-state index contributed by atoms with van der Waals surface area (Å²) in [6.07, 6.45) is 2.18. The molecule has 0 aliphatic carbocycles. The molecule has 1 aromatic heterocycles. The Morgan fingerprint density at radius 2 is 2.25 bits per heavy atom. The van der Waals surface area contributed by atoms with Crippen molar-refractivity contribution in [3.05, 3.63) is 17.8 Å². The largest absolute Gasteiger partial charge is 0.396 e. The molecule has 5 nitrogen and oxygen atoms in total. The molecule has 0 aliphatic heterocycles. The first kappa shape index (κ1) is 12.3. The van der Waals surface area contributed by atoms with Gasteiger partial charge in [-0.2, -0.15) is 0 Å². The summed E-state index contributed by atoms with van der Waals surface area (Å²) in [5.74, 6) is 0.718. The van der Waals surface area contributed by atoms with Crippen molar-refractivity contribution < 1.29 is 4.79 Å². The normalized spacial score (nSPS) is 9.94. The van der Waals surface area contributed by atoms with Crippen molar-refractivity contribution in [3.8, 4) is 0 Å². The smallest absolute Gasteiger partial charge is 0.223 e. The number of hydrogen-bond donors (Lipinski definition) is 2. The molecular weight excluding hydrogens is 204 g/mol. The Hall–Kier alpha value is -1.78. The first-order valence-electron chi connectivity index (χ1n) is 5.17. The maximum Gasteiger partial charge on any atom is 0.223 e. The standard InChI is InChI=1S/C11H18N4O/c1-8-6-9(12)11(14-7-8)13-5-4-10(16)15(2)3/h6-7H,4-5,12H2,1-3H3,(H,13,14). The molecule has 88 valence electrons. The van der Waals surface area contributed by atoms with E-state index in [0.29, 0.717) is 24.5 Å². The van der Waals surface area contributed by atoms with Crippen molar-refractivity contribution in [3.63, 3.8) is 0 Å². The van der Waals surface area contributed by atoms with E-state index < -0.39 is 0 Å². The summed E-state index contributed by atoms with van der Waals surface area (Å²) in [6.45, 7) is 2.47. The van der Waals surface area contributed by atoms with Gasteiger partial charge in [-0.1, -0.05) is 0 Å². The summed E-state index contributed by atoms with van der Waals surface area (Å²) < 4.78 is 0. The predicted octanol–water partition coefficient (Wildman–Crippen LogP) is 0.862. The zero-order valence-electron chi connectivity index (χ0n) is 9.95. The highest BCUT2D eigenvalue weighted by atomic mass is 16.2. The maximum atomic E-state index is 11.3. The Morgan fingerprint density at radius 3 is 2.81 bits per heavy atom. The molecule has 0 radical (unpaired) electrons. The Balaban J connectivity index is 2.46. The quantitative estimate of drug-likeness (QED) is 0.792. The number of nitrogens with two attached hydrogens (primary N) is 1.